The van der Waals surface area contributed by atoms with Gasteiger partial charge < -0.3 is 9.55 Å². The highest BCUT2D eigenvalue weighted by molar-refractivity contribution is 5.81. The van der Waals surface area contributed by atoms with Crippen LogP contribution in [0, 0.1) is 6.92 Å². The molecule has 0 fully saturated rings. The molecule has 2 heterocycles. The number of aromatic amines is 1. The Bertz CT molecular complexity index is 641. The van der Waals surface area contributed by atoms with Crippen LogP contribution in [0.3, 0.4) is 0 Å². The van der Waals surface area contributed by atoms with E-state index in [9.17, 15) is 4.79 Å². The topological polar surface area (TPSA) is 50.7 Å². The molecule has 2 aromatic rings. The van der Waals surface area contributed by atoms with Crippen LogP contribution in [0.15, 0.2) is 11.0 Å². The summed E-state index contributed by atoms with van der Waals surface area (Å²) in [6.07, 6.45) is 2.07. The minimum Gasteiger partial charge on any atom is -0.329 e. The van der Waals surface area contributed by atoms with Gasteiger partial charge in [0.1, 0.15) is 11.5 Å². The van der Waals surface area contributed by atoms with Gasteiger partial charge in [-0.1, -0.05) is 20.8 Å². The highest BCUT2D eigenvalue weighted by atomic mass is 16.1. The van der Waals surface area contributed by atoms with Crippen molar-refractivity contribution in [3.63, 3.8) is 0 Å². The van der Waals surface area contributed by atoms with Crippen molar-refractivity contribution in [3.8, 4) is 0 Å². The number of H-pyrrole nitrogens is 1. The van der Waals surface area contributed by atoms with Crippen LogP contribution in [0.5, 0.6) is 0 Å². The number of hydrogen-bond donors (Lipinski definition) is 1. The predicted molar refractivity (Wildman–Crippen MR) is 74.2 cm³/mol. The third-order valence-electron chi connectivity index (χ3n) is 3.17. The van der Waals surface area contributed by atoms with Gasteiger partial charge in [0.05, 0.1) is 5.39 Å². The summed E-state index contributed by atoms with van der Waals surface area (Å²) < 4.78 is 2.08. The molecule has 0 aromatic carbocycles. The minimum atomic E-state index is -0.0671. The largest absolute Gasteiger partial charge is 0.329 e. The number of aromatic nitrogens is 3. The summed E-state index contributed by atoms with van der Waals surface area (Å²) >= 11 is 0. The maximum Gasteiger partial charge on any atom is 0.260 e. The van der Waals surface area contributed by atoms with Gasteiger partial charge in [0, 0.05) is 12.2 Å². The number of nitrogens with one attached hydrogen (secondary N) is 1. The van der Waals surface area contributed by atoms with Gasteiger partial charge in [-0.05, 0) is 31.7 Å². The predicted octanol–water partition coefficient (Wildman–Crippen LogP) is 2.91. The zero-order chi connectivity index (χ0) is 13.7. The van der Waals surface area contributed by atoms with E-state index in [1.807, 2.05) is 6.92 Å². The smallest absolute Gasteiger partial charge is 0.260 e. The van der Waals surface area contributed by atoms with Gasteiger partial charge in [-0.3, -0.25) is 4.79 Å². The third kappa shape index (κ3) is 1.96. The van der Waals surface area contributed by atoms with Crippen LogP contribution in [0.2, 0.25) is 0 Å². The molecule has 0 radical (unpaired) electrons. The zero-order valence-electron chi connectivity index (χ0n) is 12.0. The number of rotatable bonds is 1. The summed E-state index contributed by atoms with van der Waals surface area (Å²) in [5.41, 5.74) is 1.74. The molecule has 4 nitrogen and oxygen atoms in total. The molecule has 0 unspecified atom stereocenters. The Morgan fingerprint density at radius 2 is 1.94 bits per heavy atom. The monoisotopic (exact) mass is 247 g/mol. The molecule has 0 aliphatic heterocycles. The van der Waals surface area contributed by atoms with Crippen molar-refractivity contribution >= 4 is 11.0 Å². The Labute approximate surface area is 107 Å². The van der Waals surface area contributed by atoms with Crippen molar-refractivity contribution in [2.75, 3.05) is 0 Å². The van der Waals surface area contributed by atoms with Crippen LogP contribution in [0.25, 0.3) is 11.0 Å². The van der Waals surface area contributed by atoms with Crippen LogP contribution >= 0.6 is 0 Å². The van der Waals surface area contributed by atoms with E-state index >= 15 is 0 Å². The van der Waals surface area contributed by atoms with E-state index in [1.165, 1.54) is 0 Å². The Morgan fingerprint density at radius 3 is 2.44 bits per heavy atom. The first-order chi connectivity index (χ1) is 8.21. The highest BCUT2D eigenvalue weighted by Crippen LogP contribution is 2.30. The summed E-state index contributed by atoms with van der Waals surface area (Å²) in [6, 6.07) is 0.289. The number of fused-ring (bicyclic) bond motifs is 1. The van der Waals surface area contributed by atoms with E-state index in [0.717, 1.165) is 16.6 Å². The fourth-order valence-corrected chi connectivity index (χ4v) is 2.23. The normalized spacial score (nSPS) is 12.6. The molecule has 0 saturated carbocycles. The molecule has 18 heavy (non-hydrogen) atoms. The maximum atomic E-state index is 12.2. The van der Waals surface area contributed by atoms with E-state index in [4.69, 9.17) is 0 Å². The highest BCUT2D eigenvalue weighted by Gasteiger charge is 2.24. The Hall–Kier alpha value is -1.58. The van der Waals surface area contributed by atoms with E-state index in [-0.39, 0.29) is 17.0 Å². The van der Waals surface area contributed by atoms with Crippen LogP contribution in [-0.4, -0.2) is 14.5 Å². The molecule has 1 N–H and O–H groups in total. The minimum absolute atomic E-state index is 0.0400. The van der Waals surface area contributed by atoms with Gasteiger partial charge in [-0.25, -0.2) is 4.98 Å². The Morgan fingerprint density at radius 1 is 1.33 bits per heavy atom. The summed E-state index contributed by atoms with van der Waals surface area (Å²) in [7, 11) is 0. The lowest BCUT2D eigenvalue weighted by atomic mass is 9.87. The van der Waals surface area contributed by atoms with Gasteiger partial charge in [-0.15, -0.1) is 0 Å². The first-order valence-electron chi connectivity index (χ1n) is 6.33. The van der Waals surface area contributed by atoms with Gasteiger partial charge in [0.25, 0.3) is 5.56 Å². The average Bonchev–Trinajstić information content (AvgIpc) is 2.56. The van der Waals surface area contributed by atoms with Gasteiger partial charge >= 0.3 is 0 Å². The van der Waals surface area contributed by atoms with Gasteiger partial charge in [0.15, 0.2) is 0 Å². The second-order valence-electron chi connectivity index (χ2n) is 6.14. The molecule has 4 heteroatoms. The van der Waals surface area contributed by atoms with Crippen molar-refractivity contribution in [2.24, 2.45) is 0 Å². The van der Waals surface area contributed by atoms with Crippen molar-refractivity contribution in [1.29, 1.82) is 0 Å². The van der Waals surface area contributed by atoms with Crippen LogP contribution in [0.4, 0.5) is 0 Å². The molecule has 0 amide bonds. The molecule has 98 valence electrons. The van der Waals surface area contributed by atoms with Gasteiger partial charge in [-0.2, -0.15) is 0 Å². The second kappa shape index (κ2) is 3.97. The molecule has 0 bridgehead atoms. The molecule has 0 aliphatic carbocycles. The lowest BCUT2D eigenvalue weighted by Crippen LogP contribution is -2.16. The van der Waals surface area contributed by atoms with E-state index in [0.29, 0.717) is 5.82 Å². The standard InChI is InChI=1S/C14H21N3O/c1-8(2)17-7-10(14(4,5)6)11-12(17)15-9(3)16-13(11)18/h7-8H,1-6H3,(H,15,16,18). The van der Waals surface area contributed by atoms with Crippen molar-refractivity contribution in [1.82, 2.24) is 14.5 Å². The van der Waals surface area contributed by atoms with E-state index in [2.05, 4.69) is 55.4 Å². The first-order valence-corrected chi connectivity index (χ1v) is 6.33. The summed E-state index contributed by atoms with van der Waals surface area (Å²) in [5.74, 6) is 0.660. The average molecular weight is 247 g/mol. The summed E-state index contributed by atoms with van der Waals surface area (Å²) in [4.78, 5) is 19.5. The second-order valence-corrected chi connectivity index (χ2v) is 6.14. The molecular weight excluding hydrogens is 226 g/mol. The molecule has 2 rings (SSSR count). The lowest BCUT2D eigenvalue weighted by molar-refractivity contribution is 0.576. The van der Waals surface area contributed by atoms with Crippen molar-refractivity contribution < 1.29 is 0 Å². The molecule has 0 aliphatic rings. The van der Waals surface area contributed by atoms with Crippen LogP contribution in [0.1, 0.15) is 52.0 Å². The number of nitrogens with zero attached hydrogens (tertiary/aromatic N) is 2. The van der Waals surface area contributed by atoms with Crippen molar-refractivity contribution in [2.45, 2.75) is 53.0 Å². The Kier molecular flexibility index (Phi) is 2.84. The van der Waals surface area contributed by atoms with Crippen molar-refractivity contribution in [3.05, 3.63) is 27.9 Å². The van der Waals surface area contributed by atoms with E-state index < -0.39 is 0 Å². The first kappa shape index (κ1) is 12.9. The van der Waals surface area contributed by atoms with Gasteiger partial charge in [0.2, 0.25) is 0 Å². The molecule has 0 saturated heterocycles. The quantitative estimate of drug-likeness (QED) is 0.842. The molecule has 2 aromatic heterocycles. The van der Waals surface area contributed by atoms with Crippen LogP contribution in [-0.2, 0) is 5.41 Å². The Balaban J connectivity index is 2.95. The zero-order valence-corrected chi connectivity index (χ0v) is 12.0. The maximum absolute atomic E-state index is 12.2. The molecule has 0 spiro atoms. The summed E-state index contributed by atoms with van der Waals surface area (Å²) in [6.45, 7) is 12.4. The number of hydrogen-bond acceptors (Lipinski definition) is 2. The fraction of sp³-hybridized carbons (Fsp3) is 0.571. The third-order valence-corrected chi connectivity index (χ3v) is 3.17. The number of aryl methyl sites for hydroxylation is 1. The van der Waals surface area contributed by atoms with Crippen LogP contribution < -0.4 is 5.56 Å². The lowest BCUT2D eigenvalue weighted by Gasteiger charge is -2.17. The molecule has 0 atom stereocenters. The fourth-order valence-electron chi connectivity index (χ4n) is 2.23. The van der Waals surface area contributed by atoms with E-state index in [1.54, 1.807) is 0 Å². The SMILES string of the molecule is Cc1nc2c(c(C(C)(C)C)cn2C(C)C)c(=O)[nH]1. The molecular formula is C14H21N3O. The summed E-state index contributed by atoms with van der Waals surface area (Å²) in [5, 5.41) is 0.724.